The normalized spacial score (nSPS) is 16.5. The van der Waals surface area contributed by atoms with Gasteiger partial charge in [0.05, 0.1) is 6.04 Å². The number of benzene rings is 1. The molecule has 1 N–H and O–H groups in total. The fraction of sp³-hybridized carbons (Fsp3) is 0.467. The van der Waals surface area contributed by atoms with E-state index >= 15 is 0 Å². The van der Waals surface area contributed by atoms with E-state index in [1.165, 1.54) is 29.4 Å². The van der Waals surface area contributed by atoms with Crippen molar-refractivity contribution in [2.24, 2.45) is 0 Å². The summed E-state index contributed by atoms with van der Waals surface area (Å²) in [5.41, 5.74) is 1.24. The Morgan fingerprint density at radius 1 is 1.23 bits per heavy atom. The van der Waals surface area contributed by atoms with E-state index < -0.39 is 0 Å². The van der Waals surface area contributed by atoms with Crippen LogP contribution in [0.3, 0.4) is 0 Å². The minimum absolute atomic E-state index is 0.0765. The average molecular weight is 300 g/mol. The highest BCUT2D eigenvalue weighted by Crippen LogP contribution is 2.24. The van der Waals surface area contributed by atoms with Crippen molar-refractivity contribution in [2.75, 3.05) is 19.6 Å². The molecule has 1 aromatic carbocycles. The lowest BCUT2D eigenvalue weighted by Crippen LogP contribution is -2.38. The summed E-state index contributed by atoms with van der Waals surface area (Å²) in [4.78, 5) is 14.5. The van der Waals surface area contributed by atoms with Gasteiger partial charge >= 0.3 is 0 Å². The van der Waals surface area contributed by atoms with Gasteiger partial charge in [-0.1, -0.05) is 30.3 Å². The summed E-state index contributed by atoms with van der Waals surface area (Å²) in [6.07, 6.45) is 3.89. The maximum Gasteiger partial charge on any atom is 0.241 e. The van der Waals surface area contributed by atoms with Crippen LogP contribution >= 0.6 is 0 Å². The molecule has 1 unspecified atom stereocenters. The Kier molecular flexibility index (Phi) is 4.75. The van der Waals surface area contributed by atoms with Crippen molar-refractivity contribution in [3.63, 3.8) is 0 Å². The molecule has 1 aliphatic heterocycles. The molecule has 1 amide bonds. The molecule has 1 fully saturated rings. The smallest absolute Gasteiger partial charge is 0.241 e. The maximum atomic E-state index is 12.0. The number of tetrazole rings is 1. The third-order valence-corrected chi connectivity index (χ3v) is 3.96. The van der Waals surface area contributed by atoms with Crippen LogP contribution in [-0.2, 0) is 11.3 Å². The predicted molar refractivity (Wildman–Crippen MR) is 80.8 cm³/mol. The molecular weight excluding hydrogens is 280 g/mol. The molecular formula is C15H20N6O. The first-order chi connectivity index (χ1) is 10.8. The molecule has 0 aliphatic carbocycles. The minimum atomic E-state index is -0.0765. The van der Waals surface area contributed by atoms with Gasteiger partial charge < -0.3 is 5.32 Å². The lowest BCUT2D eigenvalue weighted by atomic mass is 10.1. The summed E-state index contributed by atoms with van der Waals surface area (Å²) in [5.74, 6) is -0.0765. The molecule has 116 valence electrons. The van der Waals surface area contributed by atoms with Gasteiger partial charge in [-0.05, 0) is 41.9 Å². The summed E-state index contributed by atoms with van der Waals surface area (Å²) in [5, 5.41) is 13.8. The maximum absolute atomic E-state index is 12.0. The summed E-state index contributed by atoms with van der Waals surface area (Å²) < 4.78 is 1.42. The summed E-state index contributed by atoms with van der Waals surface area (Å²) in [7, 11) is 0. The lowest BCUT2D eigenvalue weighted by Gasteiger charge is -2.28. The summed E-state index contributed by atoms with van der Waals surface area (Å²) in [6, 6.07) is 10.6. The number of aromatic nitrogens is 4. The molecule has 3 rings (SSSR count). The third kappa shape index (κ3) is 3.67. The number of hydrogen-bond acceptors (Lipinski definition) is 5. The minimum Gasteiger partial charge on any atom is -0.353 e. The molecule has 1 saturated heterocycles. The van der Waals surface area contributed by atoms with Gasteiger partial charge in [0.2, 0.25) is 5.91 Å². The first-order valence-electron chi connectivity index (χ1n) is 7.59. The van der Waals surface area contributed by atoms with Crippen LogP contribution in [0, 0.1) is 0 Å². The number of nitrogens with zero attached hydrogens (tertiary/aromatic N) is 5. The zero-order valence-electron chi connectivity index (χ0n) is 12.4. The summed E-state index contributed by atoms with van der Waals surface area (Å²) >= 11 is 0. The molecule has 1 aliphatic rings. The van der Waals surface area contributed by atoms with Crippen LogP contribution in [0.1, 0.15) is 24.4 Å². The molecule has 0 saturated carbocycles. The zero-order chi connectivity index (χ0) is 15.2. The van der Waals surface area contributed by atoms with Crippen LogP contribution in [-0.4, -0.2) is 50.6 Å². The van der Waals surface area contributed by atoms with E-state index in [9.17, 15) is 4.79 Å². The van der Waals surface area contributed by atoms with E-state index in [1.807, 2.05) is 18.2 Å². The zero-order valence-corrected chi connectivity index (χ0v) is 12.4. The number of likely N-dealkylation sites (tertiary alicyclic amines) is 1. The topological polar surface area (TPSA) is 75.9 Å². The second-order valence-electron chi connectivity index (χ2n) is 5.48. The van der Waals surface area contributed by atoms with Crippen LogP contribution in [0.4, 0.5) is 0 Å². The fourth-order valence-corrected chi connectivity index (χ4v) is 2.85. The van der Waals surface area contributed by atoms with Crippen molar-refractivity contribution in [2.45, 2.75) is 25.4 Å². The van der Waals surface area contributed by atoms with Crippen molar-refractivity contribution in [3.8, 4) is 0 Å². The molecule has 0 bridgehead atoms. The van der Waals surface area contributed by atoms with Gasteiger partial charge in [-0.15, -0.1) is 5.10 Å². The van der Waals surface area contributed by atoms with Crippen LogP contribution in [0.2, 0.25) is 0 Å². The quantitative estimate of drug-likeness (QED) is 0.846. The van der Waals surface area contributed by atoms with E-state index in [2.05, 4.69) is 37.9 Å². The highest BCUT2D eigenvalue weighted by Gasteiger charge is 2.23. The molecule has 22 heavy (non-hydrogen) atoms. The van der Waals surface area contributed by atoms with E-state index in [4.69, 9.17) is 0 Å². The second kappa shape index (κ2) is 7.13. The Hall–Kier alpha value is -2.28. The molecule has 1 aromatic heterocycles. The van der Waals surface area contributed by atoms with E-state index in [0.717, 1.165) is 13.1 Å². The Balaban J connectivity index is 1.61. The SMILES string of the molecule is O=C(Cn1cnnn1)NCC(c1ccccc1)N1CCCC1. The van der Waals surface area contributed by atoms with Crippen LogP contribution in [0.5, 0.6) is 0 Å². The van der Waals surface area contributed by atoms with Crippen LogP contribution in [0.15, 0.2) is 36.7 Å². The standard InChI is InChI=1S/C15H20N6O/c22-15(11-21-12-17-18-19-21)16-10-14(20-8-4-5-9-20)13-6-2-1-3-7-13/h1-3,6-7,12,14H,4-5,8-11H2,(H,16,22). The van der Waals surface area contributed by atoms with Gasteiger partial charge in [-0.25, -0.2) is 4.68 Å². The van der Waals surface area contributed by atoms with E-state index in [-0.39, 0.29) is 18.5 Å². The third-order valence-electron chi connectivity index (χ3n) is 3.96. The summed E-state index contributed by atoms with van der Waals surface area (Å²) in [6.45, 7) is 2.92. The Morgan fingerprint density at radius 2 is 2.00 bits per heavy atom. The second-order valence-corrected chi connectivity index (χ2v) is 5.48. The Labute approximate surface area is 129 Å². The molecule has 0 spiro atoms. The van der Waals surface area contributed by atoms with Gasteiger partial charge in [0.25, 0.3) is 0 Å². The van der Waals surface area contributed by atoms with Crippen LogP contribution < -0.4 is 5.32 Å². The number of rotatable bonds is 6. The van der Waals surface area contributed by atoms with Gasteiger partial charge in [0.15, 0.2) is 0 Å². The van der Waals surface area contributed by atoms with Gasteiger partial charge in [0.1, 0.15) is 12.9 Å². The van der Waals surface area contributed by atoms with Crippen molar-refractivity contribution in [1.29, 1.82) is 0 Å². The number of nitrogens with one attached hydrogen (secondary N) is 1. The highest BCUT2D eigenvalue weighted by atomic mass is 16.2. The van der Waals surface area contributed by atoms with Crippen molar-refractivity contribution < 1.29 is 4.79 Å². The lowest BCUT2D eigenvalue weighted by molar-refractivity contribution is -0.122. The molecule has 0 radical (unpaired) electrons. The molecule has 2 heterocycles. The fourth-order valence-electron chi connectivity index (χ4n) is 2.85. The predicted octanol–water partition coefficient (Wildman–Crippen LogP) is 0.626. The first-order valence-corrected chi connectivity index (χ1v) is 7.59. The first kappa shape index (κ1) is 14.6. The molecule has 7 heteroatoms. The largest absolute Gasteiger partial charge is 0.353 e. The average Bonchev–Trinajstić information content (AvgIpc) is 3.22. The molecule has 7 nitrogen and oxygen atoms in total. The monoisotopic (exact) mass is 300 g/mol. The van der Waals surface area contributed by atoms with Gasteiger partial charge in [0, 0.05) is 6.54 Å². The highest BCUT2D eigenvalue weighted by molar-refractivity contribution is 5.75. The van der Waals surface area contributed by atoms with Crippen LogP contribution in [0.25, 0.3) is 0 Å². The molecule has 2 aromatic rings. The Bertz CT molecular complexity index is 579. The Morgan fingerprint density at radius 3 is 2.68 bits per heavy atom. The van der Waals surface area contributed by atoms with Crippen molar-refractivity contribution in [1.82, 2.24) is 30.4 Å². The number of hydrogen-bond donors (Lipinski definition) is 1. The van der Waals surface area contributed by atoms with Gasteiger partial charge in [-0.2, -0.15) is 0 Å². The number of carbonyl (C=O) groups excluding carboxylic acids is 1. The van der Waals surface area contributed by atoms with Crippen molar-refractivity contribution >= 4 is 5.91 Å². The number of amides is 1. The van der Waals surface area contributed by atoms with Crippen molar-refractivity contribution in [3.05, 3.63) is 42.2 Å². The van der Waals surface area contributed by atoms with E-state index in [1.54, 1.807) is 0 Å². The van der Waals surface area contributed by atoms with Gasteiger partial charge in [-0.3, -0.25) is 9.69 Å². The number of carbonyl (C=O) groups is 1. The molecule has 1 atom stereocenters. The van der Waals surface area contributed by atoms with E-state index in [0.29, 0.717) is 6.54 Å².